The Balaban J connectivity index is 2.44. The molecule has 14 heavy (non-hydrogen) atoms. The highest BCUT2D eigenvalue weighted by Gasteiger charge is 1.91. The second-order valence-corrected chi connectivity index (χ2v) is 2.96. The smallest absolute Gasteiger partial charge is 0.0352 e. The lowest BCUT2D eigenvalue weighted by atomic mass is 10.2. The molecule has 0 saturated heterocycles. The molecule has 0 aliphatic rings. The summed E-state index contributed by atoms with van der Waals surface area (Å²) in [5.41, 5.74) is 1.95. The first-order chi connectivity index (χ1) is 6.86. The molecule has 1 aromatic rings. The molecule has 0 heterocycles. The average molecular weight is 183 g/mol. The monoisotopic (exact) mass is 183 g/mol. The highest BCUT2D eigenvalue weighted by Crippen LogP contribution is 2.09. The van der Waals surface area contributed by atoms with Crippen molar-refractivity contribution in [1.82, 2.24) is 0 Å². The summed E-state index contributed by atoms with van der Waals surface area (Å²) in [5.74, 6) is 5.20. The second kappa shape index (κ2) is 5.73. The van der Waals surface area contributed by atoms with Crippen molar-refractivity contribution in [1.29, 1.82) is 0 Å². The van der Waals surface area contributed by atoms with E-state index in [9.17, 15) is 0 Å². The first kappa shape index (κ1) is 10.2. The third-order valence-electron chi connectivity index (χ3n) is 1.86. The van der Waals surface area contributed by atoms with Crippen molar-refractivity contribution in [3.63, 3.8) is 0 Å². The molecule has 0 aromatic heterocycles. The van der Waals surface area contributed by atoms with Gasteiger partial charge >= 0.3 is 0 Å². The summed E-state index contributed by atoms with van der Waals surface area (Å²) in [5, 5.41) is 3.26. The molecule has 1 nitrogen and oxygen atoms in total. The highest BCUT2D eigenvalue weighted by atomic mass is 14.9. The van der Waals surface area contributed by atoms with Gasteiger partial charge in [0.2, 0.25) is 0 Å². The van der Waals surface area contributed by atoms with Crippen molar-refractivity contribution in [3.05, 3.63) is 29.8 Å². The first-order valence-electron chi connectivity index (χ1n) is 4.61. The van der Waals surface area contributed by atoms with Gasteiger partial charge in [0.15, 0.2) is 0 Å². The lowest BCUT2D eigenvalue weighted by Gasteiger charge is -2.04. The summed E-state index contributed by atoms with van der Waals surface area (Å²) in [6, 6.07) is 7.80. The van der Waals surface area contributed by atoms with E-state index in [-0.39, 0.29) is 0 Å². The maximum atomic E-state index is 5.29. The number of anilines is 1. The van der Waals surface area contributed by atoms with Gasteiger partial charge in [0.1, 0.15) is 0 Å². The van der Waals surface area contributed by atoms with Crippen LogP contribution in [0.1, 0.15) is 18.4 Å². The van der Waals surface area contributed by atoms with Gasteiger partial charge in [-0.15, -0.1) is 18.8 Å². The molecule has 0 atom stereocenters. The minimum absolute atomic E-state index is 0.807. The van der Waals surface area contributed by atoms with E-state index in [0.29, 0.717) is 0 Å². The second-order valence-electron chi connectivity index (χ2n) is 2.96. The van der Waals surface area contributed by atoms with E-state index in [4.69, 9.17) is 12.8 Å². The zero-order valence-electron chi connectivity index (χ0n) is 8.09. The van der Waals surface area contributed by atoms with Crippen LogP contribution in [0, 0.1) is 24.7 Å². The topological polar surface area (TPSA) is 12.0 Å². The van der Waals surface area contributed by atoms with E-state index in [0.717, 1.165) is 30.6 Å². The SMILES string of the molecule is C#CCCCNc1cccc(C#C)c1. The highest BCUT2D eigenvalue weighted by molar-refractivity contribution is 5.49. The van der Waals surface area contributed by atoms with Gasteiger partial charge in [-0.2, -0.15) is 0 Å². The Bertz CT molecular complexity index is 366. The maximum Gasteiger partial charge on any atom is 0.0352 e. The van der Waals surface area contributed by atoms with Crippen molar-refractivity contribution in [2.24, 2.45) is 0 Å². The standard InChI is InChI=1S/C13H13N/c1-3-5-6-10-14-13-9-7-8-12(4-2)11-13/h1-2,7-9,11,14H,5-6,10H2. The maximum absolute atomic E-state index is 5.29. The third-order valence-corrected chi connectivity index (χ3v) is 1.86. The molecule has 0 fully saturated rings. The molecule has 0 aliphatic carbocycles. The van der Waals surface area contributed by atoms with Crippen LogP contribution in [0.15, 0.2) is 24.3 Å². The van der Waals surface area contributed by atoms with Crippen molar-refractivity contribution in [2.45, 2.75) is 12.8 Å². The quantitative estimate of drug-likeness (QED) is 0.558. The van der Waals surface area contributed by atoms with Gasteiger partial charge in [-0.3, -0.25) is 0 Å². The molecule has 1 heteroatoms. The fourth-order valence-corrected chi connectivity index (χ4v) is 1.14. The van der Waals surface area contributed by atoms with Gasteiger partial charge < -0.3 is 5.32 Å². The van der Waals surface area contributed by atoms with Gasteiger partial charge in [-0.1, -0.05) is 12.0 Å². The Morgan fingerprint density at radius 3 is 2.86 bits per heavy atom. The lowest BCUT2D eigenvalue weighted by molar-refractivity contribution is 0.907. The van der Waals surface area contributed by atoms with Gasteiger partial charge in [-0.25, -0.2) is 0 Å². The van der Waals surface area contributed by atoms with Crippen LogP contribution < -0.4 is 5.32 Å². The Morgan fingerprint density at radius 2 is 2.14 bits per heavy atom. The molecule has 0 spiro atoms. The average Bonchev–Trinajstić information content (AvgIpc) is 2.25. The van der Waals surface area contributed by atoms with Crippen LogP contribution in [0.3, 0.4) is 0 Å². The number of hydrogen-bond donors (Lipinski definition) is 1. The summed E-state index contributed by atoms with van der Waals surface area (Å²) in [7, 11) is 0. The molecule has 0 bridgehead atoms. The largest absolute Gasteiger partial charge is 0.385 e. The van der Waals surface area contributed by atoms with Crippen LogP contribution in [0.4, 0.5) is 5.69 Å². The number of nitrogens with one attached hydrogen (secondary N) is 1. The van der Waals surface area contributed by atoms with E-state index >= 15 is 0 Å². The van der Waals surface area contributed by atoms with Gasteiger partial charge in [0.05, 0.1) is 0 Å². The number of benzene rings is 1. The summed E-state index contributed by atoms with van der Waals surface area (Å²) >= 11 is 0. The predicted octanol–water partition coefficient (Wildman–Crippen LogP) is 2.49. The van der Waals surface area contributed by atoms with E-state index < -0.39 is 0 Å². The molecule has 1 rings (SSSR count). The van der Waals surface area contributed by atoms with Crippen LogP contribution in [0.5, 0.6) is 0 Å². The Hall–Kier alpha value is -1.86. The lowest BCUT2D eigenvalue weighted by Crippen LogP contribution is -2.00. The Morgan fingerprint density at radius 1 is 1.29 bits per heavy atom. The van der Waals surface area contributed by atoms with Crippen LogP contribution in [0.2, 0.25) is 0 Å². The van der Waals surface area contributed by atoms with Crippen LogP contribution in [-0.4, -0.2) is 6.54 Å². The van der Waals surface area contributed by atoms with Gasteiger partial charge in [0.25, 0.3) is 0 Å². The minimum Gasteiger partial charge on any atom is -0.385 e. The third kappa shape index (κ3) is 3.25. The fraction of sp³-hybridized carbons (Fsp3) is 0.231. The number of rotatable bonds is 4. The first-order valence-corrected chi connectivity index (χ1v) is 4.61. The predicted molar refractivity (Wildman–Crippen MR) is 60.9 cm³/mol. The molecule has 0 saturated carbocycles. The van der Waals surface area contributed by atoms with Crippen molar-refractivity contribution in [3.8, 4) is 24.7 Å². The van der Waals surface area contributed by atoms with Crippen molar-refractivity contribution >= 4 is 5.69 Å². The van der Waals surface area contributed by atoms with Gasteiger partial charge in [-0.05, 0) is 24.6 Å². The summed E-state index contributed by atoms with van der Waals surface area (Å²) in [4.78, 5) is 0. The molecule has 70 valence electrons. The molecule has 0 radical (unpaired) electrons. The van der Waals surface area contributed by atoms with Crippen molar-refractivity contribution < 1.29 is 0 Å². The Kier molecular flexibility index (Phi) is 4.18. The molecule has 1 N–H and O–H groups in total. The zero-order chi connectivity index (χ0) is 10.2. The molecule has 0 amide bonds. The van der Waals surface area contributed by atoms with Crippen LogP contribution in [-0.2, 0) is 0 Å². The van der Waals surface area contributed by atoms with E-state index in [2.05, 4.69) is 17.2 Å². The van der Waals surface area contributed by atoms with Crippen LogP contribution in [0.25, 0.3) is 0 Å². The summed E-state index contributed by atoms with van der Waals surface area (Å²) in [6.45, 7) is 0.887. The van der Waals surface area contributed by atoms with Crippen molar-refractivity contribution in [2.75, 3.05) is 11.9 Å². The fourth-order valence-electron chi connectivity index (χ4n) is 1.14. The summed E-state index contributed by atoms with van der Waals surface area (Å²) < 4.78 is 0. The van der Waals surface area contributed by atoms with E-state index in [1.807, 2.05) is 24.3 Å². The van der Waals surface area contributed by atoms with Crippen LogP contribution >= 0.6 is 0 Å². The molecule has 1 aromatic carbocycles. The number of unbranched alkanes of at least 4 members (excludes halogenated alkanes) is 1. The normalized spacial score (nSPS) is 8.71. The summed E-state index contributed by atoms with van der Waals surface area (Å²) in [6.07, 6.45) is 12.2. The minimum atomic E-state index is 0.807. The van der Waals surface area contributed by atoms with E-state index in [1.54, 1.807) is 0 Å². The number of hydrogen-bond acceptors (Lipinski definition) is 1. The molecular weight excluding hydrogens is 170 g/mol. The molecule has 0 unspecified atom stereocenters. The molecule has 0 aliphatic heterocycles. The molecular formula is C13H13N. The zero-order valence-corrected chi connectivity index (χ0v) is 8.09. The number of terminal acetylenes is 2. The van der Waals surface area contributed by atoms with E-state index in [1.165, 1.54) is 0 Å². The Labute approximate surface area is 85.5 Å². The van der Waals surface area contributed by atoms with Gasteiger partial charge in [0, 0.05) is 24.2 Å².